The van der Waals surface area contributed by atoms with Crippen molar-refractivity contribution in [3.05, 3.63) is 0 Å². The fourth-order valence-corrected chi connectivity index (χ4v) is 1.56. The maximum Gasteiger partial charge on any atom is 0.237 e. The van der Waals surface area contributed by atoms with E-state index in [2.05, 4.69) is 5.43 Å². The van der Waals surface area contributed by atoms with E-state index in [0.717, 1.165) is 6.54 Å². The molecule has 5 heteroatoms. The minimum atomic E-state index is -0.729. The number of halogens is 1. The molecular weight excluding hydrogens is 173 g/mol. The summed E-state index contributed by atoms with van der Waals surface area (Å²) in [5, 5.41) is 0. The Kier molecular flexibility index (Phi) is 3.62. The highest BCUT2D eigenvalue weighted by molar-refractivity contribution is 5.77. The van der Waals surface area contributed by atoms with E-state index in [4.69, 9.17) is 5.84 Å². The smallest absolute Gasteiger partial charge is 0.237 e. The number of hydrazine groups is 1. The van der Waals surface area contributed by atoms with Crippen molar-refractivity contribution in [3.8, 4) is 0 Å². The summed E-state index contributed by atoms with van der Waals surface area (Å²) in [5.41, 5.74) is 2.09. The molecule has 13 heavy (non-hydrogen) atoms. The van der Waals surface area contributed by atoms with Crippen LogP contribution in [0.1, 0.15) is 13.3 Å². The van der Waals surface area contributed by atoms with Crippen LogP contribution in [0.2, 0.25) is 0 Å². The maximum absolute atomic E-state index is 12.7. The van der Waals surface area contributed by atoms with Gasteiger partial charge in [-0.2, -0.15) is 0 Å². The first-order chi connectivity index (χ1) is 6.13. The largest absolute Gasteiger partial charge is 0.300 e. The van der Waals surface area contributed by atoms with Crippen LogP contribution < -0.4 is 11.3 Å². The van der Waals surface area contributed by atoms with Gasteiger partial charge in [0.15, 0.2) is 0 Å². The van der Waals surface area contributed by atoms with Crippen LogP contribution in [0.5, 0.6) is 0 Å². The summed E-state index contributed by atoms with van der Waals surface area (Å²) in [6.07, 6.45) is -0.148. The number of amides is 1. The summed E-state index contributed by atoms with van der Waals surface area (Å²) < 4.78 is 12.7. The first-order valence-electron chi connectivity index (χ1n) is 4.50. The number of nitrogens with one attached hydrogen (secondary N) is 1. The monoisotopic (exact) mass is 189 g/mol. The Morgan fingerprint density at radius 2 is 2.54 bits per heavy atom. The number of carbonyl (C=O) groups excluding carboxylic acids is 1. The van der Waals surface area contributed by atoms with Crippen molar-refractivity contribution in [1.82, 2.24) is 10.3 Å². The summed E-state index contributed by atoms with van der Waals surface area (Å²) in [5.74, 6) is 4.62. The summed E-state index contributed by atoms with van der Waals surface area (Å²) in [7, 11) is 0. The molecule has 1 heterocycles. The van der Waals surface area contributed by atoms with Gasteiger partial charge in [-0.25, -0.2) is 10.2 Å². The Balaban J connectivity index is 2.28. The van der Waals surface area contributed by atoms with Crippen molar-refractivity contribution in [1.29, 1.82) is 0 Å². The summed E-state index contributed by atoms with van der Waals surface area (Å²) >= 11 is 0. The molecule has 76 valence electrons. The fraction of sp³-hybridized carbons (Fsp3) is 0.875. The van der Waals surface area contributed by atoms with E-state index < -0.39 is 6.17 Å². The van der Waals surface area contributed by atoms with E-state index >= 15 is 0 Å². The number of carbonyl (C=O) groups is 1. The van der Waals surface area contributed by atoms with E-state index in [1.165, 1.54) is 0 Å². The van der Waals surface area contributed by atoms with Gasteiger partial charge in [0.1, 0.15) is 6.17 Å². The molecule has 0 spiro atoms. The zero-order valence-corrected chi connectivity index (χ0v) is 7.79. The maximum atomic E-state index is 12.7. The second-order valence-electron chi connectivity index (χ2n) is 3.56. The molecule has 2 unspecified atom stereocenters. The number of hydrogen-bond donors (Lipinski definition) is 2. The molecule has 1 aliphatic heterocycles. The molecule has 0 saturated carbocycles. The minimum absolute atomic E-state index is 0.171. The van der Waals surface area contributed by atoms with Gasteiger partial charge in [0.25, 0.3) is 0 Å². The van der Waals surface area contributed by atoms with Gasteiger partial charge < -0.3 is 0 Å². The zero-order valence-electron chi connectivity index (χ0n) is 7.79. The summed E-state index contributed by atoms with van der Waals surface area (Å²) in [4.78, 5) is 13.0. The van der Waals surface area contributed by atoms with Crippen LogP contribution in [0, 0.1) is 5.92 Å². The van der Waals surface area contributed by atoms with Crippen molar-refractivity contribution in [2.75, 3.05) is 19.6 Å². The molecule has 1 saturated heterocycles. The van der Waals surface area contributed by atoms with Crippen LogP contribution in [0.4, 0.5) is 4.39 Å². The lowest BCUT2D eigenvalue weighted by Crippen LogP contribution is -2.40. The molecule has 2 atom stereocenters. The number of likely N-dealkylation sites (tertiary alicyclic amines) is 1. The molecule has 1 fully saturated rings. The van der Waals surface area contributed by atoms with Crippen LogP contribution in [0.3, 0.4) is 0 Å². The molecule has 0 aromatic heterocycles. The van der Waals surface area contributed by atoms with Crippen LogP contribution >= 0.6 is 0 Å². The molecule has 0 bridgehead atoms. The normalized spacial score (nSPS) is 25.9. The summed E-state index contributed by atoms with van der Waals surface area (Å²) in [6.45, 7) is 3.56. The third kappa shape index (κ3) is 2.93. The molecule has 1 rings (SSSR count). The van der Waals surface area contributed by atoms with Gasteiger partial charge in [-0.1, -0.05) is 6.92 Å². The van der Waals surface area contributed by atoms with E-state index in [0.29, 0.717) is 19.5 Å². The average Bonchev–Trinajstić information content (AvgIpc) is 2.49. The molecular formula is C8H16FN3O. The molecule has 0 aromatic rings. The Bertz CT molecular complexity index is 188. The van der Waals surface area contributed by atoms with Crippen molar-refractivity contribution >= 4 is 5.91 Å². The van der Waals surface area contributed by atoms with Crippen molar-refractivity contribution < 1.29 is 9.18 Å². The number of alkyl halides is 1. The van der Waals surface area contributed by atoms with Crippen molar-refractivity contribution in [3.63, 3.8) is 0 Å². The molecule has 1 aliphatic rings. The second kappa shape index (κ2) is 4.53. The minimum Gasteiger partial charge on any atom is -0.300 e. The molecule has 4 nitrogen and oxygen atoms in total. The number of hydrogen-bond acceptors (Lipinski definition) is 3. The van der Waals surface area contributed by atoms with Crippen LogP contribution in [-0.2, 0) is 4.79 Å². The van der Waals surface area contributed by atoms with Gasteiger partial charge in [0, 0.05) is 25.6 Å². The lowest BCUT2D eigenvalue weighted by molar-refractivity contribution is -0.125. The first kappa shape index (κ1) is 10.4. The predicted molar refractivity (Wildman–Crippen MR) is 47.4 cm³/mol. The third-order valence-corrected chi connectivity index (χ3v) is 2.34. The quantitative estimate of drug-likeness (QED) is 0.362. The third-order valence-electron chi connectivity index (χ3n) is 2.34. The van der Waals surface area contributed by atoms with Crippen molar-refractivity contribution in [2.45, 2.75) is 19.5 Å². The van der Waals surface area contributed by atoms with Gasteiger partial charge >= 0.3 is 0 Å². The van der Waals surface area contributed by atoms with Crippen LogP contribution in [-0.4, -0.2) is 36.6 Å². The van der Waals surface area contributed by atoms with Crippen molar-refractivity contribution in [2.24, 2.45) is 11.8 Å². The van der Waals surface area contributed by atoms with E-state index in [9.17, 15) is 9.18 Å². The Hall–Kier alpha value is -0.680. The standard InChI is InChI=1S/C8H16FN3O/c1-6(8(13)11-10)4-12-3-2-7(9)5-12/h6-7H,2-5,10H2,1H3,(H,11,13). The van der Waals surface area contributed by atoms with E-state index in [-0.39, 0.29) is 11.8 Å². The fourth-order valence-electron chi connectivity index (χ4n) is 1.56. The van der Waals surface area contributed by atoms with Crippen LogP contribution in [0.25, 0.3) is 0 Å². The van der Waals surface area contributed by atoms with Gasteiger partial charge in [0.2, 0.25) is 5.91 Å². The zero-order chi connectivity index (χ0) is 9.84. The van der Waals surface area contributed by atoms with E-state index in [1.54, 1.807) is 6.92 Å². The SMILES string of the molecule is CC(CN1CCC(F)C1)C(=O)NN. The molecule has 0 aliphatic carbocycles. The predicted octanol–water partition coefficient (Wildman–Crippen LogP) is -0.344. The highest BCUT2D eigenvalue weighted by Gasteiger charge is 2.24. The highest BCUT2D eigenvalue weighted by Crippen LogP contribution is 2.13. The average molecular weight is 189 g/mol. The second-order valence-corrected chi connectivity index (χ2v) is 3.56. The van der Waals surface area contributed by atoms with Crippen LogP contribution in [0.15, 0.2) is 0 Å². The Morgan fingerprint density at radius 3 is 3.00 bits per heavy atom. The molecule has 3 N–H and O–H groups in total. The lowest BCUT2D eigenvalue weighted by atomic mass is 10.1. The Morgan fingerprint density at radius 1 is 1.85 bits per heavy atom. The van der Waals surface area contributed by atoms with Gasteiger partial charge in [0.05, 0.1) is 0 Å². The van der Waals surface area contributed by atoms with Gasteiger partial charge in [-0.05, 0) is 6.42 Å². The Labute approximate surface area is 77.2 Å². The topological polar surface area (TPSA) is 58.4 Å². The molecule has 1 amide bonds. The van der Waals surface area contributed by atoms with Gasteiger partial charge in [-0.3, -0.25) is 15.1 Å². The molecule has 0 aromatic carbocycles. The highest BCUT2D eigenvalue weighted by atomic mass is 19.1. The van der Waals surface area contributed by atoms with Gasteiger partial charge in [-0.15, -0.1) is 0 Å². The lowest BCUT2D eigenvalue weighted by Gasteiger charge is -2.18. The molecule has 0 radical (unpaired) electrons. The number of rotatable bonds is 3. The van der Waals surface area contributed by atoms with E-state index in [1.807, 2.05) is 4.90 Å². The number of nitrogens with zero attached hydrogens (tertiary/aromatic N) is 1. The summed E-state index contributed by atoms with van der Waals surface area (Å²) in [6, 6.07) is 0. The first-order valence-corrected chi connectivity index (χ1v) is 4.50. The number of nitrogens with two attached hydrogens (primary N) is 1.